The Bertz CT molecular complexity index is 194. The van der Waals surface area contributed by atoms with Crippen LogP contribution in [0, 0.1) is 0 Å². The molecule has 0 amide bonds. The van der Waals surface area contributed by atoms with E-state index >= 15 is 0 Å². The van der Waals surface area contributed by atoms with Gasteiger partial charge in [0.05, 0.1) is 12.1 Å². The van der Waals surface area contributed by atoms with Gasteiger partial charge in [0.15, 0.2) is 0 Å². The summed E-state index contributed by atoms with van der Waals surface area (Å²) in [6, 6.07) is 0.422. The van der Waals surface area contributed by atoms with Crippen LogP contribution in [0.3, 0.4) is 0 Å². The van der Waals surface area contributed by atoms with Crippen LogP contribution in [0.1, 0.15) is 13.8 Å². The average molecular weight is 167 g/mol. The van der Waals surface area contributed by atoms with Crippen molar-refractivity contribution in [2.24, 2.45) is 0 Å². The van der Waals surface area contributed by atoms with Gasteiger partial charge in [-0.1, -0.05) is 23.8 Å². The highest BCUT2D eigenvalue weighted by Gasteiger charge is 2.30. The molecule has 0 aromatic heterocycles. The molecule has 0 aliphatic carbocycles. The van der Waals surface area contributed by atoms with E-state index in [0.717, 1.165) is 6.54 Å². The first-order valence-corrected chi connectivity index (χ1v) is 4.35. The number of hydrogen-bond acceptors (Lipinski definition) is 2. The minimum Gasteiger partial charge on any atom is -0.378 e. The zero-order chi connectivity index (χ0) is 8.97. The van der Waals surface area contributed by atoms with Gasteiger partial charge in [-0.15, -0.1) is 0 Å². The predicted octanol–water partition coefficient (Wildman–Crippen LogP) is 1.50. The quantitative estimate of drug-likeness (QED) is 0.643. The Morgan fingerprint density at radius 2 is 2.33 bits per heavy atom. The lowest BCUT2D eigenvalue weighted by Crippen LogP contribution is -2.58. The lowest BCUT2D eigenvalue weighted by atomic mass is 9.95. The van der Waals surface area contributed by atoms with Gasteiger partial charge in [-0.25, -0.2) is 0 Å². The summed E-state index contributed by atoms with van der Waals surface area (Å²) >= 11 is 0. The second kappa shape index (κ2) is 4.43. The fourth-order valence-corrected chi connectivity index (χ4v) is 1.36. The summed E-state index contributed by atoms with van der Waals surface area (Å²) in [5.74, 6) is 0. The van der Waals surface area contributed by atoms with E-state index in [4.69, 9.17) is 4.74 Å². The highest BCUT2D eigenvalue weighted by Crippen LogP contribution is 2.15. The van der Waals surface area contributed by atoms with Crippen molar-refractivity contribution in [2.45, 2.75) is 26.0 Å². The largest absolute Gasteiger partial charge is 0.378 e. The third kappa shape index (κ3) is 1.96. The molecule has 1 saturated heterocycles. The Morgan fingerprint density at radius 3 is 2.75 bits per heavy atom. The fourth-order valence-electron chi connectivity index (χ4n) is 1.36. The number of rotatable bonds is 3. The zero-order valence-corrected chi connectivity index (χ0v) is 8.00. The monoisotopic (exact) mass is 167 g/mol. The van der Waals surface area contributed by atoms with Gasteiger partial charge in [0, 0.05) is 13.7 Å². The summed E-state index contributed by atoms with van der Waals surface area (Å²) in [5.41, 5.74) is 1.34. The summed E-state index contributed by atoms with van der Waals surface area (Å²) in [6.07, 6.45) is 6.58. The van der Waals surface area contributed by atoms with Crippen molar-refractivity contribution in [1.82, 2.24) is 5.32 Å². The SMILES string of the molecule is CC=CC=C(C)C1NCC1OC. The van der Waals surface area contributed by atoms with E-state index in [1.54, 1.807) is 7.11 Å². The van der Waals surface area contributed by atoms with Crippen LogP contribution in [0.2, 0.25) is 0 Å². The number of ether oxygens (including phenoxy) is 1. The molecule has 2 nitrogen and oxygen atoms in total. The van der Waals surface area contributed by atoms with Crippen LogP contribution >= 0.6 is 0 Å². The summed E-state index contributed by atoms with van der Waals surface area (Å²) in [6.45, 7) is 5.12. The van der Waals surface area contributed by atoms with E-state index in [1.807, 2.05) is 13.0 Å². The third-order valence-corrected chi connectivity index (χ3v) is 2.26. The first-order chi connectivity index (χ1) is 5.79. The molecule has 1 fully saturated rings. The highest BCUT2D eigenvalue weighted by atomic mass is 16.5. The topological polar surface area (TPSA) is 21.3 Å². The van der Waals surface area contributed by atoms with Crippen molar-refractivity contribution in [3.8, 4) is 0 Å². The maximum Gasteiger partial charge on any atom is 0.0886 e. The van der Waals surface area contributed by atoms with Crippen molar-refractivity contribution in [3.63, 3.8) is 0 Å². The van der Waals surface area contributed by atoms with E-state index in [9.17, 15) is 0 Å². The number of hydrogen-bond donors (Lipinski definition) is 1. The van der Waals surface area contributed by atoms with E-state index in [0.29, 0.717) is 12.1 Å². The maximum absolute atomic E-state index is 5.27. The molecule has 0 bridgehead atoms. The van der Waals surface area contributed by atoms with Gasteiger partial charge in [-0.2, -0.15) is 0 Å². The highest BCUT2D eigenvalue weighted by molar-refractivity contribution is 5.20. The molecular weight excluding hydrogens is 150 g/mol. The van der Waals surface area contributed by atoms with Gasteiger partial charge in [0.2, 0.25) is 0 Å². The summed E-state index contributed by atoms with van der Waals surface area (Å²) in [5, 5.41) is 3.33. The van der Waals surface area contributed by atoms with Crippen molar-refractivity contribution < 1.29 is 4.74 Å². The lowest BCUT2D eigenvalue weighted by Gasteiger charge is -2.37. The van der Waals surface area contributed by atoms with Crippen molar-refractivity contribution in [2.75, 3.05) is 13.7 Å². The second-order valence-corrected chi connectivity index (χ2v) is 3.10. The maximum atomic E-state index is 5.27. The molecule has 0 saturated carbocycles. The molecule has 12 heavy (non-hydrogen) atoms. The Hall–Kier alpha value is -0.600. The molecule has 1 aliphatic rings. The normalized spacial score (nSPS) is 30.8. The van der Waals surface area contributed by atoms with Gasteiger partial charge in [0.25, 0.3) is 0 Å². The number of nitrogens with one attached hydrogen (secondary N) is 1. The molecule has 1 rings (SSSR count). The first kappa shape index (κ1) is 9.49. The molecule has 2 unspecified atom stereocenters. The van der Waals surface area contributed by atoms with Crippen LogP contribution in [0.25, 0.3) is 0 Å². The minimum atomic E-state index is 0.367. The van der Waals surface area contributed by atoms with Gasteiger partial charge >= 0.3 is 0 Å². The summed E-state index contributed by atoms with van der Waals surface area (Å²) in [4.78, 5) is 0. The Kier molecular flexibility index (Phi) is 3.50. The molecule has 2 atom stereocenters. The van der Waals surface area contributed by atoms with E-state index in [2.05, 4.69) is 24.4 Å². The smallest absolute Gasteiger partial charge is 0.0886 e. The standard InChI is InChI=1S/C10H17NO/c1-4-5-6-8(2)10-9(12-3)7-11-10/h4-6,9-11H,7H2,1-3H3. The Labute approximate surface area is 74.3 Å². The van der Waals surface area contributed by atoms with Gasteiger partial charge in [-0.3, -0.25) is 0 Å². The molecule has 0 spiro atoms. The number of allylic oxidation sites excluding steroid dienone is 3. The molecule has 68 valence electrons. The predicted molar refractivity (Wildman–Crippen MR) is 51.2 cm³/mol. The molecular formula is C10H17NO. The molecule has 2 heteroatoms. The van der Waals surface area contributed by atoms with Crippen molar-refractivity contribution in [1.29, 1.82) is 0 Å². The fraction of sp³-hybridized carbons (Fsp3) is 0.600. The Morgan fingerprint density at radius 1 is 1.58 bits per heavy atom. The van der Waals surface area contributed by atoms with Crippen LogP contribution in [-0.4, -0.2) is 25.8 Å². The minimum absolute atomic E-state index is 0.367. The lowest BCUT2D eigenvalue weighted by molar-refractivity contribution is 0.0294. The summed E-state index contributed by atoms with van der Waals surface area (Å²) < 4.78 is 5.27. The third-order valence-electron chi connectivity index (χ3n) is 2.26. The zero-order valence-electron chi connectivity index (χ0n) is 8.00. The Balaban J connectivity index is 2.47. The van der Waals surface area contributed by atoms with Crippen LogP contribution in [0.4, 0.5) is 0 Å². The van der Waals surface area contributed by atoms with Crippen LogP contribution in [-0.2, 0) is 4.74 Å². The van der Waals surface area contributed by atoms with Crippen LogP contribution in [0.5, 0.6) is 0 Å². The van der Waals surface area contributed by atoms with Gasteiger partial charge in [-0.05, 0) is 13.8 Å². The van der Waals surface area contributed by atoms with Crippen LogP contribution < -0.4 is 5.32 Å². The van der Waals surface area contributed by atoms with Gasteiger partial charge in [0.1, 0.15) is 0 Å². The van der Waals surface area contributed by atoms with Crippen molar-refractivity contribution in [3.05, 3.63) is 23.8 Å². The van der Waals surface area contributed by atoms with E-state index in [1.165, 1.54) is 5.57 Å². The molecule has 0 radical (unpaired) electrons. The van der Waals surface area contributed by atoms with Crippen LogP contribution in [0.15, 0.2) is 23.8 Å². The second-order valence-electron chi connectivity index (χ2n) is 3.10. The first-order valence-electron chi connectivity index (χ1n) is 4.35. The molecule has 1 heterocycles. The average Bonchev–Trinajstić information content (AvgIpc) is 2.00. The number of methoxy groups -OCH3 is 1. The molecule has 1 aliphatic heterocycles. The molecule has 0 aromatic carbocycles. The van der Waals surface area contributed by atoms with E-state index < -0.39 is 0 Å². The van der Waals surface area contributed by atoms with Gasteiger partial charge < -0.3 is 10.1 Å². The molecule has 0 aromatic rings. The van der Waals surface area contributed by atoms with Crippen molar-refractivity contribution >= 4 is 0 Å². The summed E-state index contributed by atoms with van der Waals surface area (Å²) in [7, 11) is 1.77. The van der Waals surface area contributed by atoms with E-state index in [-0.39, 0.29) is 0 Å². The molecule has 1 N–H and O–H groups in total.